The van der Waals surface area contributed by atoms with Gasteiger partial charge in [0, 0.05) is 17.5 Å². The molecule has 7 heteroatoms. The van der Waals surface area contributed by atoms with Crippen LogP contribution in [-0.4, -0.2) is 38.9 Å². The van der Waals surface area contributed by atoms with Crippen LogP contribution in [0.15, 0.2) is 47.4 Å². The Bertz CT molecular complexity index is 915. The highest BCUT2D eigenvalue weighted by molar-refractivity contribution is 7.90. The first-order valence-electron chi connectivity index (χ1n) is 7.72. The molecule has 132 valence electrons. The number of benzene rings is 2. The Balaban J connectivity index is 1.80. The number of carbonyl (C=O) groups is 1. The zero-order valence-electron chi connectivity index (χ0n) is 13.9. The number of ether oxygens (including phenoxy) is 1. The summed E-state index contributed by atoms with van der Waals surface area (Å²) in [5.41, 5.74) is 1.32. The number of amides is 1. The quantitative estimate of drug-likeness (QED) is 0.867. The lowest BCUT2D eigenvalue weighted by Gasteiger charge is -2.36. The zero-order valence-corrected chi connectivity index (χ0v) is 14.8. The van der Waals surface area contributed by atoms with Crippen LogP contribution in [-0.2, 0) is 20.2 Å². The van der Waals surface area contributed by atoms with Crippen molar-refractivity contribution in [3.63, 3.8) is 0 Å². The third kappa shape index (κ3) is 3.58. The van der Waals surface area contributed by atoms with Gasteiger partial charge in [0.25, 0.3) is 5.91 Å². The van der Waals surface area contributed by atoms with Crippen LogP contribution in [0.4, 0.5) is 5.69 Å². The van der Waals surface area contributed by atoms with Crippen molar-refractivity contribution in [2.75, 3.05) is 24.8 Å². The van der Waals surface area contributed by atoms with Gasteiger partial charge >= 0.3 is 0 Å². The molecule has 1 saturated heterocycles. The Labute approximate surface area is 146 Å². The van der Waals surface area contributed by atoms with E-state index in [-0.39, 0.29) is 24.0 Å². The molecule has 25 heavy (non-hydrogen) atoms. The lowest BCUT2D eigenvalue weighted by Crippen LogP contribution is -2.46. The van der Waals surface area contributed by atoms with E-state index in [9.17, 15) is 18.3 Å². The van der Waals surface area contributed by atoms with Crippen molar-refractivity contribution < 1.29 is 23.1 Å². The van der Waals surface area contributed by atoms with Crippen LogP contribution in [0.25, 0.3) is 0 Å². The highest BCUT2D eigenvalue weighted by Gasteiger charge is 2.37. The summed E-state index contributed by atoms with van der Waals surface area (Å²) in [6.45, 7) is 2.27. The normalized spacial score (nSPS) is 16.1. The lowest BCUT2D eigenvalue weighted by molar-refractivity contribution is -0.184. The highest BCUT2D eigenvalue weighted by atomic mass is 32.2. The molecule has 6 nitrogen and oxygen atoms in total. The molecule has 1 fully saturated rings. The van der Waals surface area contributed by atoms with Gasteiger partial charge in [0.1, 0.15) is 5.60 Å². The molecule has 0 aliphatic carbocycles. The van der Waals surface area contributed by atoms with E-state index >= 15 is 0 Å². The van der Waals surface area contributed by atoms with Gasteiger partial charge in [0.15, 0.2) is 9.84 Å². The fourth-order valence-corrected chi connectivity index (χ4v) is 3.25. The average molecular weight is 361 g/mol. The summed E-state index contributed by atoms with van der Waals surface area (Å²) in [4.78, 5) is 12.6. The van der Waals surface area contributed by atoms with Crippen molar-refractivity contribution in [3.05, 3.63) is 59.2 Å². The number of anilines is 1. The van der Waals surface area contributed by atoms with E-state index in [4.69, 9.17) is 4.74 Å². The number of hydrogen-bond donors (Lipinski definition) is 2. The number of nitrogens with one attached hydrogen (secondary N) is 1. The standard InChI is InChI=1S/C18H19NO5S/c1-12-3-8-15(25(2,22)23)9-16(12)17(20)19-14-6-4-13(5-7-14)18(21)10-24-11-18/h3-9,21H,10-11H2,1-2H3,(H,19,20). The molecule has 2 N–H and O–H groups in total. The maximum Gasteiger partial charge on any atom is 0.255 e. The molecule has 0 saturated carbocycles. The Hall–Kier alpha value is -2.22. The predicted molar refractivity (Wildman–Crippen MR) is 93.4 cm³/mol. The highest BCUT2D eigenvalue weighted by Crippen LogP contribution is 2.30. The fourth-order valence-electron chi connectivity index (χ4n) is 2.60. The van der Waals surface area contributed by atoms with E-state index in [2.05, 4.69) is 5.32 Å². The summed E-state index contributed by atoms with van der Waals surface area (Å²) in [5.74, 6) is -0.388. The van der Waals surface area contributed by atoms with Gasteiger partial charge in [-0.25, -0.2) is 8.42 Å². The van der Waals surface area contributed by atoms with E-state index < -0.39 is 15.4 Å². The largest absolute Gasteiger partial charge is 0.380 e. The summed E-state index contributed by atoms with van der Waals surface area (Å²) >= 11 is 0. The SMILES string of the molecule is Cc1ccc(S(C)(=O)=O)cc1C(=O)Nc1ccc(C2(O)COC2)cc1. The van der Waals surface area contributed by atoms with Crippen molar-refractivity contribution in [1.29, 1.82) is 0 Å². The van der Waals surface area contributed by atoms with Crippen LogP contribution < -0.4 is 5.32 Å². The second-order valence-electron chi connectivity index (χ2n) is 6.30. The number of aliphatic hydroxyl groups is 1. The molecule has 0 radical (unpaired) electrons. The molecule has 2 aromatic rings. The van der Waals surface area contributed by atoms with Crippen molar-refractivity contribution in [3.8, 4) is 0 Å². The van der Waals surface area contributed by atoms with Crippen molar-refractivity contribution >= 4 is 21.4 Å². The Kier molecular flexibility index (Phi) is 4.40. The van der Waals surface area contributed by atoms with Gasteiger partial charge in [-0.15, -0.1) is 0 Å². The molecule has 2 aromatic carbocycles. The minimum atomic E-state index is -3.39. The van der Waals surface area contributed by atoms with Crippen LogP contribution in [0.3, 0.4) is 0 Å². The minimum absolute atomic E-state index is 0.103. The van der Waals surface area contributed by atoms with Crippen molar-refractivity contribution in [2.45, 2.75) is 17.4 Å². The summed E-state index contributed by atoms with van der Waals surface area (Å²) in [6, 6.07) is 11.3. The molecular formula is C18H19NO5S. The van der Waals surface area contributed by atoms with Crippen LogP contribution in [0.5, 0.6) is 0 Å². The molecular weight excluding hydrogens is 342 g/mol. The first-order valence-corrected chi connectivity index (χ1v) is 9.61. The molecule has 1 aliphatic rings. The van der Waals surface area contributed by atoms with Gasteiger partial charge in [-0.05, 0) is 42.3 Å². The molecule has 0 unspecified atom stereocenters. The second-order valence-corrected chi connectivity index (χ2v) is 8.32. The van der Waals surface area contributed by atoms with E-state index in [1.165, 1.54) is 12.1 Å². The minimum Gasteiger partial charge on any atom is -0.380 e. The summed E-state index contributed by atoms with van der Waals surface area (Å²) in [7, 11) is -3.39. The van der Waals surface area contributed by atoms with Gasteiger partial charge in [-0.2, -0.15) is 0 Å². The number of carbonyl (C=O) groups excluding carboxylic acids is 1. The Morgan fingerprint density at radius 1 is 1.16 bits per heavy atom. The van der Waals surface area contributed by atoms with Crippen molar-refractivity contribution in [1.82, 2.24) is 0 Å². The van der Waals surface area contributed by atoms with Crippen LogP contribution in [0.2, 0.25) is 0 Å². The lowest BCUT2D eigenvalue weighted by atomic mass is 9.92. The smallest absolute Gasteiger partial charge is 0.255 e. The van der Waals surface area contributed by atoms with Crippen LogP contribution in [0, 0.1) is 6.92 Å². The maximum atomic E-state index is 12.5. The van der Waals surface area contributed by atoms with E-state index in [0.717, 1.165) is 11.8 Å². The monoisotopic (exact) mass is 361 g/mol. The third-order valence-electron chi connectivity index (χ3n) is 4.24. The molecule has 0 atom stereocenters. The van der Waals surface area contributed by atoms with Crippen LogP contribution >= 0.6 is 0 Å². The molecule has 1 amide bonds. The number of hydrogen-bond acceptors (Lipinski definition) is 5. The topological polar surface area (TPSA) is 92.7 Å². The first kappa shape index (κ1) is 17.6. The van der Waals surface area contributed by atoms with Crippen molar-refractivity contribution in [2.24, 2.45) is 0 Å². The van der Waals surface area contributed by atoms with Gasteiger partial charge in [0.2, 0.25) is 0 Å². The van der Waals surface area contributed by atoms with Gasteiger partial charge in [-0.1, -0.05) is 18.2 Å². The fraction of sp³-hybridized carbons (Fsp3) is 0.278. The zero-order chi connectivity index (χ0) is 18.2. The predicted octanol–water partition coefficient (Wildman–Crippen LogP) is 1.87. The van der Waals surface area contributed by atoms with E-state index in [1.54, 1.807) is 37.3 Å². The van der Waals surface area contributed by atoms with E-state index in [1.807, 2.05) is 0 Å². The summed E-state index contributed by atoms with van der Waals surface area (Å²) < 4.78 is 28.4. The summed E-state index contributed by atoms with van der Waals surface area (Å²) in [5, 5.41) is 13.0. The number of aryl methyl sites for hydroxylation is 1. The maximum absolute atomic E-state index is 12.5. The van der Waals surface area contributed by atoms with E-state index in [0.29, 0.717) is 16.8 Å². The number of sulfone groups is 1. The second kappa shape index (κ2) is 6.25. The van der Waals surface area contributed by atoms with Crippen LogP contribution in [0.1, 0.15) is 21.5 Å². The van der Waals surface area contributed by atoms with Gasteiger partial charge in [-0.3, -0.25) is 4.79 Å². The summed E-state index contributed by atoms with van der Waals surface area (Å²) in [6.07, 6.45) is 1.10. The Morgan fingerprint density at radius 3 is 2.32 bits per heavy atom. The molecule has 1 aliphatic heterocycles. The first-order chi connectivity index (χ1) is 11.7. The number of rotatable bonds is 4. The molecule has 0 spiro atoms. The molecule has 1 heterocycles. The molecule has 0 aromatic heterocycles. The molecule has 3 rings (SSSR count). The third-order valence-corrected chi connectivity index (χ3v) is 5.35. The Morgan fingerprint density at radius 2 is 1.80 bits per heavy atom. The molecule has 0 bridgehead atoms. The van der Waals surface area contributed by atoms with Gasteiger partial charge < -0.3 is 15.2 Å². The van der Waals surface area contributed by atoms with Gasteiger partial charge in [0.05, 0.1) is 18.1 Å². The average Bonchev–Trinajstić information content (AvgIpc) is 2.52.